The van der Waals surface area contributed by atoms with Crippen molar-refractivity contribution < 1.29 is 14.3 Å². The van der Waals surface area contributed by atoms with Crippen LogP contribution in [0.25, 0.3) is 0 Å². The molecule has 1 atom stereocenters. The molecule has 5 nitrogen and oxygen atoms in total. The SMILES string of the molecule is CC[C@H](C(=O)NC(C)C)N(Cc1ccc(OC)cc1)C(=O)CSCc1ccccc1Cl. The molecule has 0 aliphatic heterocycles. The van der Waals surface area contributed by atoms with Crippen LogP contribution in [0.5, 0.6) is 5.75 Å². The molecule has 0 heterocycles. The van der Waals surface area contributed by atoms with Crippen LogP contribution in [0, 0.1) is 0 Å². The number of thioether (sulfide) groups is 1. The summed E-state index contributed by atoms with van der Waals surface area (Å²) in [4.78, 5) is 27.7. The molecular weight excluding hydrogens is 432 g/mol. The number of carbonyl (C=O) groups is 2. The second-order valence-electron chi connectivity index (χ2n) is 7.54. The lowest BCUT2D eigenvalue weighted by Gasteiger charge is -2.31. The predicted octanol–water partition coefficient (Wildman–Crippen LogP) is 4.91. The fourth-order valence-electron chi connectivity index (χ4n) is 3.17. The van der Waals surface area contributed by atoms with Gasteiger partial charge in [0.1, 0.15) is 11.8 Å². The molecule has 31 heavy (non-hydrogen) atoms. The second-order valence-corrected chi connectivity index (χ2v) is 8.93. The minimum absolute atomic E-state index is 0.00841. The largest absolute Gasteiger partial charge is 0.497 e. The first-order chi connectivity index (χ1) is 14.8. The molecular formula is C24H31ClN2O3S. The van der Waals surface area contributed by atoms with E-state index in [1.165, 1.54) is 11.8 Å². The number of benzene rings is 2. The minimum Gasteiger partial charge on any atom is -0.497 e. The lowest BCUT2D eigenvalue weighted by molar-refractivity contribution is -0.139. The summed E-state index contributed by atoms with van der Waals surface area (Å²) in [6, 6.07) is 14.7. The number of methoxy groups -OCH3 is 1. The van der Waals surface area contributed by atoms with Crippen LogP contribution in [-0.4, -0.2) is 41.7 Å². The average Bonchev–Trinajstić information content (AvgIpc) is 2.74. The third-order valence-electron chi connectivity index (χ3n) is 4.77. The molecule has 2 amide bonds. The van der Waals surface area contributed by atoms with E-state index in [0.717, 1.165) is 16.9 Å². The Morgan fingerprint density at radius 1 is 1.13 bits per heavy atom. The van der Waals surface area contributed by atoms with Crippen LogP contribution in [0.2, 0.25) is 5.02 Å². The van der Waals surface area contributed by atoms with Crippen molar-refractivity contribution in [2.45, 2.75) is 51.6 Å². The van der Waals surface area contributed by atoms with Crippen LogP contribution in [0.1, 0.15) is 38.3 Å². The summed E-state index contributed by atoms with van der Waals surface area (Å²) in [5.41, 5.74) is 1.94. The van der Waals surface area contributed by atoms with Crippen molar-refractivity contribution in [3.8, 4) is 5.75 Å². The summed E-state index contributed by atoms with van der Waals surface area (Å²) in [5.74, 6) is 1.46. The summed E-state index contributed by atoms with van der Waals surface area (Å²) in [7, 11) is 1.62. The number of amides is 2. The molecule has 0 aliphatic carbocycles. The Kier molecular flexibility index (Phi) is 10.2. The number of nitrogens with zero attached hydrogens (tertiary/aromatic N) is 1. The van der Waals surface area contributed by atoms with Crippen molar-refractivity contribution in [2.24, 2.45) is 0 Å². The van der Waals surface area contributed by atoms with Crippen molar-refractivity contribution in [1.29, 1.82) is 0 Å². The van der Waals surface area contributed by atoms with Gasteiger partial charge in [0.05, 0.1) is 12.9 Å². The molecule has 0 fully saturated rings. The maximum absolute atomic E-state index is 13.2. The van der Waals surface area contributed by atoms with Gasteiger partial charge in [0.15, 0.2) is 0 Å². The van der Waals surface area contributed by atoms with Crippen molar-refractivity contribution in [3.63, 3.8) is 0 Å². The van der Waals surface area contributed by atoms with Crippen molar-refractivity contribution in [3.05, 3.63) is 64.7 Å². The molecule has 7 heteroatoms. The van der Waals surface area contributed by atoms with Crippen LogP contribution >= 0.6 is 23.4 Å². The summed E-state index contributed by atoms with van der Waals surface area (Å²) in [6.45, 7) is 6.12. The van der Waals surface area contributed by atoms with Gasteiger partial charge in [0.2, 0.25) is 11.8 Å². The molecule has 0 aliphatic rings. The van der Waals surface area contributed by atoms with E-state index in [4.69, 9.17) is 16.3 Å². The standard InChI is InChI=1S/C24H31ClN2O3S/c1-5-22(24(29)26-17(2)3)27(14-18-10-12-20(30-4)13-11-18)23(28)16-31-15-19-8-6-7-9-21(19)25/h6-13,17,22H,5,14-16H2,1-4H3,(H,26,29)/t22-/m1/s1. The maximum Gasteiger partial charge on any atom is 0.243 e. The first-order valence-corrected chi connectivity index (χ1v) is 11.9. The lowest BCUT2D eigenvalue weighted by atomic mass is 10.1. The fraction of sp³-hybridized carbons (Fsp3) is 0.417. The van der Waals surface area contributed by atoms with E-state index in [9.17, 15) is 9.59 Å². The highest BCUT2D eigenvalue weighted by Crippen LogP contribution is 2.22. The number of ether oxygens (including phenoxy) is 1. The molecule has 2 aromatic rings. The van der Waals surface area contributed by atoms with E-state index in [2.05, 4.69) is 5.32 Å². The van der Waals surface area contributed by atoms with E-state index >= 15 is 0 Å². The smallest absolute Gasteiger partial charge is 0.243 e. The Morgan fingerprint density at radius 2 is 1.81 bits per heavy atom. The van der Waals surface area contributed by atoms with E-state index in [1.807, 2.05) is 69.3 Å². The molecule has 0 unspecified atom stereocenters. The highest BCUT2D eigenvalue weighted by atomic mass is 35.5. The Bertz CT molecular complexity index is 858. The molecule has 0 radical (unpaired) electrons. The third-order valence-corrected chi connectivity index (χ3v) is 6.10. The number of halogens is 1. The molecule has 0 saturated carbocycles. The topological polar surface area (TPSA) is 58.6 Å². The van der Waals surface area contributed by atoms with Gasteiger partial charge in [-0.05, 0) is 49.6 Å². The molecule has 2 aromatic carbocycles. The fourth-order valence-corrected chi connectivity index (χ4v) is 4.37. The Hall–Kier alpha value is -2.18. The zero-order chi connectivity index (χ0) is 22.8. The highest BCUT2D eigenvalue weighted by molar-refractivity contribution is 7.99. The molecule has 0 aromatic heterocycles. The van der Waals surface area contributed by atoms with E-state index in [0.29, 0.717) is 23.7 Å². The van der Waals surface area contributed by atoms with Gasteiger partial charge in [-0.25, -0.2) is 0 Å². The lowest BCUT2D eigenvalue weighted by Crippen LogP contribution is -2.50. The van der Waals surface area contributed by atoms with Gasteiger partial charge in [-0.3, -0.25) is 9.59 Å². The van der Waals surface area contributed by atoms with Crippen LogP contribution in [0.4, 0.5) is 0 Å². The third kappa shape index (κ3) is 7.78. The molecule has 0 saturated heterocycles. The van der Waals surface area contributed by atoms with Gasteiger partial charge in [-0.2, -0.15) is 0 Å². The van der Waals surface area contributed by atoms with Crippen LogP contribution < -0.4 is 10.1 Å². The monoisotopic (exact) mass is 462 g/mol. The Balaban J connectivity index is 2.14. The van der Waals surface area contributed by atoms with Crippen molar-refractivity contribution in [1.82, 2.24) is 10.2 Å². The molecule has 1 N–H and O–H groups in total. The summed E-state index contributed by atoms with van der Waals surface area (Å²) in [6.07, 6.45) is 0.537. The van der Waals surface area contributed by atoms with E-state index in [-0.39, 0.29) is 23.6 Å². The minimum atomic E-state index is -0.530. The average molecular weight is 463 g/mol. The molecule has 168 valence electrons. The maximum atomic E-state index is 13.2. The number of hydrogen-bond acceptors (Lipinski definition) is 4. The summed E-state index contributed by atoms with van der Waals surface area (Å²) in [5, 5.41) is 3.64. The van der Waals surface area contributed by atoms with Gasteiger partial charge in [-0.1, -0.05) is 48.9 Å². The van der Waals surface area contributed by atoms with E-state index < -0.39 is 6.04 Å². The van der Waals surface area contributed by atoms with Gasteiger partial charge in [0, 0.05) is 23.4 Å². The quantitative estimate of drug-likeness (QED) is 0.515. The summed E-state index contributed by atoms with van der Waals surface area (Å²) >= 11 is 7.72. The zero-order valence-corrected chi connectivity index (χ0v) is 20.1. The van der Waals surface area contributed by atoms with Crippen molar-refractivity contribution in [2.75, 3.05) is 12.9 Å². The Labute approximate surface area is 194 Å². The predicted molar refractivity (Wildman–Crippen MR) is 129 cm³/mol. The van der Waals surface area contributed by atoms with E-state index in [1.54, 1.807) is 12.0 Å². The van der Waals surface area contributed by atoms with Crippen LogP contribution in [-0.2, 0) is 21.9 Å². The molecule has 0 spiro atoms. The number of hydrogen-bond donors (Lipinski definition) is 1. The Morgan fingerprint density at radius 3 is 2.39 bits per heavy atom. The van der Waals surface area contributed by atoms with Crippen LogP contribution in [0.15, 0.2) is 48.5 Å². The van der Waals surface area contributed by atoms with Crippen LogP contribution in [0.3, 0.4) is 0 Å². The molecule has 2 rings (SSSR count). The highest BCUT2D eigenvalue weighted by Gasteiger charge is 2.28. The van der Waals surface area contributed by atoms with Gasteiger partial charge in [-0.15, -0.1) is 11.8 Å². The van der Waals surface area contributed by atoms with Gasteiger partial charge in [0.25, 0.3) is 0 Å². The van der Waals surface area contributed by atoms with Gasteiger partial charge >= 0.3 is 0 Å². The summed E-state index contributed by atoms with van der Waals surface area (Å²) < 4.78 is 5.22. The number of nitrogens with one attached hydrogen (secondary N) is 1. The first-order valence-electron chi connectivity index (χ1n) is 10.4. The normalized spacial score (nSPS) is 11.8. The second kappa shape index (κ2) is 12.6. The molecule has 0 bridgehead atoms. The van der Waals surface area contributed by atoms with Crippen molar-refractivity contribution >= 4 is 35.2 Å². The number of carbonyl (C=O) groups excluding carboxylic acids is 2. The number of rotatable bonds is 11. The van der Waals surface area contributed by atoms with Gasteiger partial charge < -0.3 is 15.0 Å². The zero-order valence-electron chi connectivity index (χ0n) is 18.6. The first kappa shape index (κ1) is 25.1.